The second kappa shape index (κ2) is 6.05. The zero-order chi connectivity index (χ0) is 14.7. The number of carboxylic acids is 1. The highest BCUT2D eigenvalue weighted by molar-refractivity contribution is 5.95. The van der Waals surface area contributed by atoms with Gasteiger partial charge in [-0.05, 0) is 36.5 Å². The third-order valence-electron chi connectivity index (χ3n) is 3.70. The smallest absolute Gasteiger partial charge is 0.303 e. The summed E-state index contributed by atoms with van der Waals surface area (Å²) >= 11 is 0. The third kappa shape index (κ3) is 3.17. The molecule has 1 atom stereocenters. The van der Waals surface area contributed by atoms with Crippen molar-refractivity contribution in [1.29, 1.82) is 0 Å². The van der Waals surface area contributed by atoms with Crippen molar-refractivity contribution in [3.63, 3.8) is 0 Å². The van der Waals surface area contributed by atoms with Gasteiger partial charge in [-0.25, -0.2) is 0 Å². The number of aliphatic hydroxyl groups excluding tert-OH is 1. The van der Waals surface area contributed by atoms with Gasteiger partial charge in [-0.2, -0.15) is 0 Å². The minimum Gasteiger partial charge on any atom is -0.481 e. The van der Waals surface area contributed by atoms with Gasteiger partial charge in [0.15, 0.2) is 0 Å². The van der Waals surface area contributed by atoms with E-state index in [9.17, 15) is 14.7 Å². The van der Waals surface area contributed by atoms with Gasteiger partial charge >= 0.3 is 5.97 Å². The standard InChI is InChI=1S/C15H19NO4/c1-16-12-7-5-11(9-10(12)6-8-14(16)18)13(17)3-2-4-15(19)20/h5,7,9,13,17H,2-4,6,8H2,1H3,(H,19,20). The molecule has 0 aromatic heterocycles. The number of anilines is 1. The number of aliphatic carboxylic acids is 1. The summed E-state index contributed by atoms with van der Waals surface area (Å²) in [7, 11) is 1.75. The molecule has 0 aliphatic carbocycles. The molecule has 0 saturated carbocycles. The summed E-state index contributed by atoms with van der Waals surface area (Å²) in [6.45, 7) is 0. The Hall–Kier alpha value is -1.88. The Morgan fingerprint density at radius 1 is 1.40 bits per heavy atom. The number of carboxylic acid groups (broad SMARTS) is 1. The predicted octanol–water partition coefficient (Wildman–Crippen LogP) is 1.88. The van der Waals surface area contributed by atoms with Crippen LogP contribution >= 0.6 is 0 Å². The van der Waals surface area contributed by atoms with Gasteiger partial charge in [-0.15, -0.1) is 0 Å². The van der Waals surface area contributed by atoms with Gasteiger partial charge < -0.3 is 15.1 Å². The molecule has 1 aromatic rings. The van der Waals surface area contributed by atoms with E-state index < -0.39 is 12.1 Å². The molecule has 5 heteroatoms. The number of carbonyl (C=O) groups excluding carboxylic acids is 1. The second-order valence-corrected chi connectivity index (χ2v) is 5.14. The van der Waals surface area contributed by atoms with Crippen LogP contribution < -0.4 is 4.90 Å². The minimum absolute atomic E-state index is 0.0687. The van der Waals surface area contributed by atoms with E-state index in [1.54, 1.807) is 18.0 Å². The normalized spacial score (nSPS) is 15.9. The zero-order valence-corrected chi connectivity index (χ0v) is 11.5. The topological polar surface area (TPSA) is 77.8 Å². The van der Waals surface area contributed by atoms with Crippen LogP contribution in [0.4, 0.5) is 5.69 Å². The van der Waals surface area contributed by atoms with Gasteiger partial charge in [0.25, 0.3) is 0 Å². The molecule has 1 aliphatic rings. The summed E-state index contributed by atoms with van der Waals surface area (Å²) in [5.74, 6) is -0.741. The van der Waals surface area contributed by atoms with Crippen molar-refractivity contribution in [2.24, 2.45) is 0 Å². The summed E-state index contributed by atoms with van der Waals surface area (Å²) in [4.78, 5) is 23.7. The lowest BCUT2D eigenvalue weighted by molar-refractivity contribution is -0.137. The highest BCUT2D eigenvalue weighted by atomic mass is 16.4. The van der Waals surface area contributed by atoms with Crippen LogP contribution in [-0.4, -0.2) is 29.1 Å². The van der Waals surface area contributed by atoms with Crippen molar-refractivity contribution in [2.75, 3.05) is 11.9 Å². The Balaban J connectivity index is 2.07. The fourth-order valence-corrected chi connectivity index (χ4v) is 2.50. The number of fused-ring (bicyclic) bond motifs is 1. The van der Waals surface area contributed by atoms with Crippen LogP contribution in [-0.2, 0) is 16.0 Å². The highest BCUT2D eigenvalue weighted by Gasteiger charge is 2.21. The zero-order valence-electron chi connectivity index (χ0n) is 11.5. The monoisotopic (exact) mass is 277 g/mol. The lowest BCUT2D eigenvalue weighted by Gasteiger charge is -2.26. The van der Waals surface area contributed by atoms with E-state index in [1.165, 1.54) is 0 Å². The SMILES string of the molecule is CN1C(=O)CCc2cc(C(O)CCCC(=O)O)ccc21. The van der Waals surface area contributed by atoms with Gasteiger partial charge in [0, 0.05) is 25.6 Å². The fraction of sp³-hybridized carbons (Fsp3) is 0.467. The van der Waals surface area contributed by atoms with Gasteiger partial charge in [-0.3, -0.25) is 9.59 Å². The van der Waals surface area contributed by atoms with Crippen LogP contribution in [0.15, 0.2) is 18.2 Å². The molecule has 0 spiro atoms. The first-order chi connectivity index (χ1) is 9.49. The number of aryl methyl sites for hydroxylation is 1. The third-order valence-corrected chi connectivity index (χ3v) is 3.70. The van der Waals surface area contributed by atoms with Crippen molar-refractivity contribution in [3.8, 4) is 0 Å². The summed E-state index contributed by atoms with van der Waals surface area (Å²) in [5.41, 5.74) is 2.74. The quantitative estimate of drug-likeness (QED) is 0.861. The number of benzene rings is 1. The minimum atomic E-state index is -0.845. The lowest BCUT2D eigenvalue weighted by Crippen LogP contribution is -2.31. The van der Waals surface area contributed by atoms with Crippen LogP contribution in [0.2, 0.25) is 0 Å². The molecular weight excluding hydrogens is 258 g/mol. The molecule has 1 aliphatic heterocycles. The largest absolute Gasteiger partial charge is 0.481 e. The molecule has 20 heavy (non-hydrogen) atoms. The van der Waals surface area contributed by atoms with Gasteiger partial charge in [0.05, 0.1) is 6.10 Å². The number of hydrogen-bond acceptors (Lipinski definition) is 3. The molecule has 108 valence electrons. The van der Waals surface area contributed by atoms with Crippen LogP contribution in [0.1, 0.15) is 42.9 Å². The van der Waals surface area contributed by atoms with Crippen LogP contribution in [0.3, 0.4) is 0 Å². The van der Waals surface area contributed by atoms with Crippen LogP contribution in [0.25, 0.3) is 0 Å². The van der Waals surface area contributed by atoms with Crippen molar-refractivity contribution >= 4 is 17.6 Å². The average Bonchev–Trinajstić information content (AvgIpc) is 2.42. The Bertz CT molecular complexity index is 527. The van der Waals surface area contributed by atoms with Crippen molar-refractivity contribution in [3.05, 3.63) is 29.3 Å². The lowest BCUT2D eigenvalue weighted by atomic mass is 9.95. The van der Waals surface area contributed by atoms with Crippen molar-refractivity contribution in [1.82, 2.24) is 0 Å². The molecule has 0 saturated heterocycles. The number of carbonyl (C=O) groups is 2. The van der Waals surface area contributed by atoms with E-state index in [0.29, 0.717) is 25.7 Å². The summed E-state index contributed by atoms with van der Waals surface area (Å²) in [6, 6.07) is 5.57. The van der Waals surface area contributed by atoms with Gasteiger partial charge in [-0.1, -0.05) is 12.1 Å². The average molecular weight is 277 g/mol. The van der Waals surface area contributed by atoms with E-state index in [4.69, 9.17) is 5.11 Å². The Labute approximate surface area is 117 Å². The van der Waals surface area contributed by atoms with Gasteiger partial charge in [0.1, 0.15) is 0 Å². The summed E-state index contributed by atoms with van der Waals surface area (Å²) < 4.78 is 0. The summed E-state index contributed by atoms with van der Waals surface area (Å²) in [5, 5.41) is 18.7. The molecule has 0 bridgehead atoms. The highest BCUT2D eigenvalue weighted by Crippen LogP contribution is 2.30. The van der Waals surface area contributed by atoms with Crippen LogP contribution in [0.5, 0.6) is 0 Å². The first kappa shape index (κ1) is 14.5. The van der Waals surface area contributed by atoms with E-state index in [2.05, 4.69) is 0 Å². The first-order valence-corrected chi connectivity index (χ1v) is 6.78. The van der Waals surface area contributed by atoms with Crippen molar-refractivity contribution in [2.45, 2.75) is 38.2 Å². The Morgan fingerprint density at radius 3 is 2.85 bits per heavy atom. The fourth-order valence-electron chi connectivity index (χ4n) is 2.50. The maximum absolute atomic E-state index is 11.6. The second-order valence-electron chi connectivity index (χ2n) is 5.14. The molecule has 2 N–H and O–H groups in total. The number of aliphatic hydroxyl groups is 1. The van der Waals surface area contributed by atoms with Gasteiger partial charge in [0.2, 0.25) is 5.91 Å². The predicted molar refractivity (Wildman–Crippen MR) is 74.6 cm³/mol. The maximum atomic E-state index is 11.6. The molecule has 0 radical (unpaired) electrons. The number of hydrogen-bond donors (Lipinski definition) is 2. The maximum Gasteiger partial charge on any atom is 0.303 e. The number of amides is 1. The molecule has 2 rings (SSSR count). The number of nitrogens with zero attached hydrogens (tertiary/aromatic N) is 1. The van der Waals surface area contributed by atoms with Crippen LogP contribution in [0, 0.1) is 0 Å². The molecule has 1 heterocycles. The molecule has 1 aromatic carbocycles. The van der Waals surface area contributed by atoms with E-state index in [-0.39, 0.29) is 12.3 Å². The van der Waals surface area contributed by atoms with E-state index >= 15 is 0 Å². The molecule has 0 fully saturated rings. The van der Waals surface area contributed by atoms with Crippen molar-refractivity contribution < 1.29 is 19.8 Å². The van der Waals surface area contributed by atoms with E-state index in [1.807, 2.05) is 12.1 Å². The Kier molecular flexibility index (Phi) is 4.39. The first-order valence-electron chi connectivity index (χ1n) is 6.78. The molecule has 1 unspecified atom stereocenters. The molecule has 5 nitrogen and oxygen atoms in total. The number of rotatable bonds is 5. The molecular formula is C15H19NO4. The Morgan fingerprint density at radius 2 is 2.15 bits per heavy atom. The molecule has 1 amide bonds. The van der Waals surface area contributed by atoms with E-state index in [0.717, 1.165) is 16.8 Å². The summed E-state index contributed by atoms with van der Waals surface area (Å²) in [6.07, 6.45) is 1.48.